The minimum Gasteiger partial charge on any atom is -0.391 e. The van der Waals surface area contributed by atoms with Crippen molar-refractivity contribution in [1.82, 2.24) is 4.72 Å². The average Bonchev–Trinajstić information content (AvgIpc) is 2.90. The lowest BCUT2D eigenvalue weighted by molar-refractivity contribution is -0.123. The number of rotatable bonds is 6. The van der Waals surface area contributed by atoms with Crippen LogP contribution in [0.4, 0.5) is 5.69 Å². The van der Waals surface area contributed by atoms with Gasteiger partial charge in [-0.05, 0) is 73.6 Å². The number of amides is 1. The number of aliphatic hydroxyl groups is 1. The summed E-state index contributed by atoms with van der Waals surface area (Å²) < 4.78 is 28.0. The number of carbonyl (C=O) groups is 1. The molecule has 1 amide bonds. The quantitative estimate of drug-likeness (QED) is 0.502. The summed E-state index contributed by atoms with van der Waals surface area (Å²) in [5.74, 6) is -0.576. The molecule has 3 atom stereocenters. The Morgan fingerprint density at radius 1 is 1.06 bits per heavy atom. The lowest BCUT2D eigenvalue weighted by Crippen LogP contribution is -2.35. The molecule has 0 bridgehead atoms. The van der Waals surface area contributed by atoms with Crippen molar-refractivity contribution in [3.8, 4) is 0 Å². The van der Waals surface area contributed by atoms with Crippen molar-refractivity contribution in [1.29, 1.82) is 0 Å². The van der Waals surface area contributed by atoms with Crippen molar-refractivity contribution in [3.05, 3.63) is 58.6 Å². The van der Waals surface area contributed by atoms with Crippen LogP contribution in [0.25, 0.3) is 0 Å². The van der Waals surface area contributed by atoms with Crippen LogP contribution in [0.15, 0.2) is 57.9 Å². The van der Waals surface area contributed by atoms with Crippen molar-refractivity contribution in [3.63, 3.8) is 0 Å². The van der Waals surface area contributed by atoms with Crippen molar-refractivity contribution < 1.29 is 18.3 Å². The lowest BCUT2D eigenvalue weighted by atomic mass is 9.99. The van der Waals surface area contributed by atoms with E-state index in [1.54, 1.807) is 12.1 Å². The lowest BCUT2D eigenvalue weighted by Gasteiger charge is -2.23. The SMILES string of the molecule is CC(C)c1cccc(N[C@H]2CC[C@@H](C(=O)NS(=O)(=O)c3ccc(Br)cc3)CC[C@@H]2O)c1. The van der Waals surface area contributed by atoms with Crippen LogP contribution in [0.5, 0.6) is 0 Å². The van der Waals surface area contributed by atoms with Gasteiger partial charge in [0.1, 0.15) is 0 Å². The number of benzene rings is 2. The van der Waals surface area contributed by atoms with Crippen molar-refractivity contribution in [2.75, 3.05) is 5.32 Å². The van der Waals surface area contributed by atoms with Gasteiger partial charge in [-0.3, -0.25) is 4.79 Å². The highest BCUT2D eigenvalue weighted by molar-refractivity contribution is 9.10. The molecule has 2 aromatic carbocycles. The van der Waals surface area contributed by atoms with Crippen LogP contribution in [0.2, 0.25) is 0 Å². The molecule has 1 aliphatic carbocycles. The molecule has 0 saturated heterocycles. The molecule has 0 aliphatic heterocycles. The molecule has 6 nitrogen and oxygen atoms in total. The van der Waals surface area contributed by atoms with Crippen LogP contribution < -0.4 is 10.0 Å². The van der Waals surface area contributed by atoms with Gasteiger partial charge in [0.15, 0.2) is 0 Å². The zero-order valence-electron chi connectivity index (χ0n) is 17.7. The summed E-state index contributed by atoms with van der Waals surface area (Å²) in [6.07, 6.45) is 1.33. The fourth-order valence-corrected chi connectivity index (χ4v) is 5.12. The second-order valence-electron chi connectivity index (χ2n) is 8.37. The van der Waals surface area contributed by atoms with Gasteiger partial charge >= 0.3 is 0 Å². The summed E-state index contributed by atoms with van der Waals surface area (Å²) in [5.41, 5.74) is 2.15. The molecule has 3 rings (SSSR count). The Morgan fingerprint density at radius 2 is 1.74 bits per heavy atom. The number of hydrogen-bond donors (Lipinski definition) is 3. The zero-order chi connectivity index (χ0) is 22.6. The van der Waals surface area contributed by atoms with E-state index in [0.29, 0.717) is 31.6 Å². The molecule has 0 heterocycles. The third kappa shape index (κ3) is 6.30. The molecule has 168 valence electrons. The van der Waals surface area contributed by atoms with Gasteiger partial charge in [-0.25, -0.2) is 13.1 Å². The third-order valence-corrected chi connectivity index (χ3v) is 7.63. The Balaban J connectivity index is 1.63. The molecule has 1 fully saturated rings. The average molecular weight is 509 g/mol. The Morgan fingerprint density at radius 3 is 2.42 bits per heavy atom. The largest absolute Gasteiger partial charge is 0.391 e. The van der Waals surface area contributed by atoms with Crippen molar-refractivity contribution >= 4 is 37.5 Å². The number of anilines is 1. The van der Waals surface area contributed by atoms with Gasteiger partial charge in [-0.15, -0.1) is 0 Å². The molecule has 0 aromatic heterocycles. The molecule has 31 heavy (non-hydrogen) atoms. The molecular formula is C23H29BrN2O4S. The fourth-order valence-electron chi connectivity index (χ4n) is 3.81. The van der Waals surface area contributed by atoms with Crippen LogP contribution >= 0.6 is 15.9 Å². The molecule has 2 aromatic rings. The fraction of sp³-hybridized carbons (Fsp3) is 0.435. The standard InChI is InChI=1S/C23H29BrN2O4S/c1-15(2)17-4-3-5-19(14-17)25-21-12-6-16(7-13-22(21)27)23(28)26-31(29,30)20-10-8-18(24)9-11-20/h3-5,8-11,14-16,21-22,25,27H,6-7,12-13H2,1-2H3,(H,26,28)/t16-,21+,22+/m1/s1. The predicted octanol–water partition coefficient (Wildman–Crippen LogP) is 4.41. The second kappa shape index (κ2) is 10.1. The zero-order valence-corrected chi connectivity index (χ0v) is 20.1. The number of nitrogens with one attached hydrogen (secondary N) is 2. The molecular weight excluding hydrogens is 480 g/mol. The first-order chi connectivity index (χ1) is 14.7. The highest BCUT2D eigenvalue weighted by atomic mass is 79.9. The molecule has 3 N–H and O–H groups in total. The van der Waals surface area contributed by atoms with E-state index in [0.717, 1.165) is 10.2 Å². The van der Waals surface area contributed by atoms with Gasteiger partial charge < -0.3 is 10.4 Å². The topological polar surface area (TPSA) is 95.5 Å². The first-order valence-corrected chi connectivity index (χ1v) is 12.8. The van der Waals surface area contributed by atoms with Crippen molar-refractivity contribution in [2.45, 2.75) is 62.5 Å². The van der Waals surface area contributed by atoms with Gasteiger partial charge in [0.2, 0.25) is 5.91 Å². The van der Waals surface area contributed by atoms with Gasteiger partial charge in [-0.1, -0.05) is 41.9 Å². The number of carbonyl (C=O) groups excluding carboxylic acids is 1. The van der Waals surface area contributed by atoms with Crippen LogP contribution in [0.1, 0.15) is 51.0 Å². The van der Waals surface area contributed by atoms with Crippen LogP contribution in [0.3, 0.4) is 0 Å². The Kier molecular flexibility index (Phi) is 7.78. The summed E-state index contributed by atoms with van der Waals surface area (Å²) in [5, 5.41) is 14.0. The summed E-state index contributed by atoms with van der Waals surface area (Å²) in [7, 11) is -3.92. The normalized spacial score (nSPS) is 22.0. The smallest absolute Gasteiger partial charge is 0.264 e. The van der Waals surface area contributed by atoms with E-state index in [2.05, 4.69) is 51.9 Å². The summed E-state index contributed by atoms with van der Waals surface area (Å²) in [6, 6.07) is 14.1. The highest BCUT2D eigenvalue weighted by Gasteiger charge is 2.31. The van der Waals surface area contributed by atoms with Crippen LogP contribution in [-0.4, -0.2) is 31.6 Å². The van der Waals surface area contributed by atoms with Gasteiger partial charge in [0.25, 0.3) is 10.0 Å². The molecule has 1 aliphatic rings. The van der Waals surface area contributed by atoms with Crippen LogP contribution in [-0.2, 0) is 14.8 Å². The molecule has 0 spiro atoms. The number of hydrogen-bond acceptors (Lipinski definition) is 5. The van der Waals surface area contributed by atoms with E-state index in [1.165, 1.54) is 17.7 Å². The number of aliphatic hydroxyl groups excluding tert-OH is 1. The molecule has 1 saturated carbocycles. The van der Waals surface area contributed by atoms with E-state index in [-0.39, 0.29) is 10.9 Å². The minimum absolute atomic E-state index is 0.0438. The summed E-state index contributed by atoms with van der Waals surface area (Å²) in [4.78, 5) is 12.7. The van der Waals surface area contributed by atoms with Gasteiger partial charge in [0.05, 0.1) is 17.0 Å². The predicted molar refractivity (Wildman–Crippen MR) is 125 cm³/mol. The Labute approximate surface area is 192 Å². The maximum atomic E-state index is 12.7. The van der Waals surface area contributed by atoms with Gasteiger partial charge in [0, 0.05) is 16.1 Å². The molecule has 0 unspecified atom stereocenters. The second-order valence-corrected chi connectivity index (χ2v) is 11.0. The number of sulfonamides is 1. The van der Waals surface area contributed by atoms with E-state index in [4.69, 9.17) is 0 Å². The highest BCUT2D eigenvalue weighted by Crippen LogP contribution is 2.28. The Bertz CT molecular complexity index is 1010. The molecule has 8 heteroatoms. The summed E-state index contributed by atoms with van der Waals surface area (Å²) >= 11 is 3.27. The minimum atomic E-state index is -3.92. The number of halogens is 1. The monoisotopic (exact) mass is 508 g/mol. The third-order valence-electron chi connectivity index (χ3n) is 5.74. The van der Waals surface area contributed by atoms with E-state index >= 15 is 0 Å². The van der Waals surface area contributed by atoms with Gasteiger partial charge in [-0.2, -0.15) is 0 Å². The maximum absolute atomic E-state index is 12.7. The first-order valence-electron chi connectivity index (χ1n) is 10.5. The first kappa shape index (κ1) is 23.8. The maximum Gasteiger partial charge on any atom is 0.264 e. The van der Waals surface area contributed by atoms with E-state index in [9.17, 15) is 18.3 Å². The Hall–Kier alpha value is -1.90. The van der Waals surface area contributed by atoms with Crippen molar-refractivity contribution in [2.24, 2.45) is 5.92 Å². The van der Waals surface area contributed by atoms with E-state index < -0.39 is 28.0 Å². The van der Waals surface area contributed by atoms with Crippen LogP contribution in [0, 0.1) is 5.92 Å². The molecule has 0 radical (unpaired) electrons. The summed E-state index contributed by atoms with van der Waals surface area (Å²) in [6.45, 7) is 4.26. The van der Waals surface area contributed by atoms with E-state index in [1.807, 2.05) is 12.1 Å².